The van der Waals surface area contributed by atoms with E-state index in [0.717, 1.165) is 25.3 Å². The maximum absolute atomic E-state index is 7.07. The molecule has 0 spiro atoms. The van der Waals surface area contributed by atoms with Crippen LogP contribution in [0.5, 0.6) is 0 Å². The zero-order valence-electron chi connectivity index (χ0n) is 10.6. The molecule has 1 aliphatic heterocycles. The van der Waals surface area contributed by atoms with Gasteiger partial charge in [-0.05, 0) is 25.8 Å². The molecule has 1 heterocycles. The van der Waals surface area contributed by atoms with E-state index in [4.69, 9.17) is 10.1 Å². The minimum absolute atomic E-state index is 0.274. The summed E-state index contributed by atoms with van der Waals surface area (Å²) < 4.78 is 5.04. The van der Waals surface area contributed by atoms with Gasteiger partial charge in [0.1, 0.15) is 12.2 Å². The van der Waals surface area contributed by atoms with Crippen molar-refractivity contribution in [2.45, 2.75) is 25.8 Å². The molecule has 1 atom stereocenters. The number of amidine groups is 1. The Hall–Kier alpha value is -1.36. The van der Waals surface area contributed by atoms with Gasteiger partial charge in [-0.3, -0.25) is 5.41 Å². The van der Waals surface area contributed by atoms with E-state index >= 15 is 0 Å². The highest BCUT2D eigenvalue weighted by atomic mass is 16.5. The van der Waals surface area contributed by atoms with E-state index in [1.807, 2.05) is 12.3 Å². The second-order valence-electron chi connectivity index (χ2n) is 4.17. The van der Waals surface area contributed by atoms with E-state index in [0.29, 0.717) is 6.61 Å². The van der Waals surface area contributed by atoms with Crippen LogP contribution in [0.15, 0.2) is 17.3 Å². The number of nitrogens with zero attached hydrogens (tertiary/aromatic N) is 2. The number of methoxy groups -OCH3 is 1. The number of aliphatic imine (C=N–C) groups is 1. The van der Waals surface area contributed by atoms with Gasteiger partial charge in [0.05, 0.1) is 6.61 Å². The number of hydrogen-bond donors (Lipinski definition) is 2. The predicted octanol–water partition coefficient (Wildman–Crippen LogP) is 1.23. The Kier molecular flexibility index (Phi) is 6.32. The molecule has 0 amide bonds. The van der Waals surface area contributed by atoms with Gasteiger partial charge in [-0.1, -0.05) is 0 Å². The fourth-order valence-corrected chi connectivity index (χ4v) is 1.83. The highest BCUT2D eigenvalue weighted by Crippen LogP contribution is 2.08. The Morgan fingerprint density at radius 3 is 2.82 bits per heavy atom. The Morgan fingerprint density at radius 1 is 1.53 bits per heavy atom. The second kappa shape index (κ2) is 7.84. The molecule has 0 aromatic carbocycles. The summed E-state index contributed by atoms with van der Waals surface area (Å²) in [6.45, 7) is 4.79. The van der Waals surface area contributed by atoms with Crippen LogP contribution < -0.4 is 5.32 Å². The van der Waals surface area contributed by atoms with Crippen molar-refractivity contribution >= 4 is 12.2 Å². The molecule has 0 radical (unpaired) electrons. The first-order valence-electron chi connectivity index (χ1n) is 6.01. The van der Waals surface area contributed by atoms with Crippen LogP contribution in [0.3, 0.4) is 0 Å². The van der Waals surface area contributed by atoms with E-state index in [2.05, 4.69) is 22.1 Å². The Morgan fingerprint density at radius 2 is 2.24 bits per heavy atom. The summed E-state index contributed by atoms with van der Waals surface area (Å²) in [4.78, 5) is 6.27. The van der Waals surface area contributed by atoms with Crippen molar-refractivity contribution in [2.75, 3.05) is 26.8 Å². The van der Waals surface area contributed by atoms with Crippen molar-refractivity contribution in [3.8, 4) is 0 Å². The van der Waals surface area contributed by atoms with Gasteiger partial charge < -0.3 is 15.0 Å². The quantitative estimate of drug-likeness (QED) is 0.540. The zero-order chi connectivity index (χ0) is 12.5. The molecule has 1 rings (SSSR count). The lowest BCUT2D eigenvalue weighted by atomic mass is 10.3. The molecule has 1 saturated heterocycles. The number of nitrogens with one attached hydrogen (secondary N) is 2. The molecule has 5 nitrogen and oxygen atoms in total. The average Bonchev–Trinajstić information content (AvgIpc) is 2.81. The highest BCUT2D eigenvalue weighted by molar-refractivity contribution is 5.97. The highest BCUT2D eigenvalue weighted by Gasteiger charge is 2.13. The lowest BCUT2D eigenvalue weighted by molar-refractivity contribution is 0.177. The lowest BCUT2D eigenvalue weighted by Gasteiger charge is -2.17. The van der Waals surface area contributed by atoms with Crippen LogP contribution in [0.25, 0.3) is 0 Å². The summed E-state index contributed by atoms with van der Waals surface area (Å²) in [6, 6.07) is 0.274. The van der Waals surface area contributed by atoms with Gasteiger partial charge in [-0.25, -0.2) is 4.99 Å². The first-order valence-corrected chi connectivity index (χ1v) is 6.01. The summed E-state index contributed by atoms with van der Waals surface area (Å²) in [5.41, 5.74) is 0. The molecule has 0 unspecified atom stereocenters. The van der Waals surface area contributed by atoms with Gasteiger partial charge in [0.15, 0.2) is 0 Å². The molecule has 0 aromatic rings. The van der Waals surface area contributed by atoms with Crippen molar-refractivity contribution in [3.63, 3.8) is 0 Å². The van der Waals surface area contributed by atoms with Gasteiger partial charge in [-0.2, -0.15) is 0 Å². The van der Waals surface area contributed by atoms with Crippen LogP contribution in [0.1, 0.15) is 19.8 Å². The van der Waals surface area contributed by atoms with E-state index in [1.165, 1.54) is 12.8 Å². The molecule has 0 saturated carbocycles. The SMILES string of the molecule is COC[C@@H](C)N/C=C/C(=N\C=N)N1CCCC1. The minimum atomic E-state index is 0.274. The largest absolute Gasteiger partial charge is 0.386 e. The topological polar surface area (TPSA) is 60.7 Å². The Balaban J connectivity index is 2.46. The molecule has 0 aliphatic carbocycles. The zero-order valence-corrected chi connectivity index (χ0v) is 10.6. The first-order chi connectivity index (χ1) is 8.27. The van der Waals surface area contributed by atoms with Gasteiger partial charge in [0.25, 0.3) is 0 Å². The molecule has 0 aromatic heterocycles. The summed E-state index contributed by atoms with van der Waals surface area (Å²) in [5.74, 6) is 0.856. The smallest absolute Gasteiger partial charge is 0.131 e. The van der Waals surface area contributed by atoms with Gasteiger partial charge in [0, 0.05) is 32.4 Å². The van der Waals surface area contributed by atoms with Crippen LogP contribution in [0.2, 0.25) is 0 Å². The molecular formula is C12H22N4O. The number of likely N-dealkylation sites (tertiary alicyclic amines) is 1. The summed E-state index contributed by atoms with van der Waals surface area (Å²) in [5, 5.41) is 10.3. The van der Waals surface area contributed by atoms with Crippen LogP contribution in [-0.2, 0) is 4.74 Å². The monoisotopic (exact) mass is 238 g/mol. The standard InChI is InChI=1S/C12H22N4O/c1-11(9-17-2)14-6-5-12(15-10-13)16-7-3-4-8-16/h5-6,10-11,13-14H,3-4,7-9H2,1-2H3/b6-5+,13-10?,15-12+/t11-/m1/s1. The third kappa shape index (κ3) is 4.99. The Labute approximate surface area is 103 Å². The van der Waals surface area contributed by atoms with Crippen LogP contribution in [0, 0.1) is 5.41 Å². The summed E-state index contributed by atoms with van der Waals surface area (Å²) >= 11 is 0. The number of rotatable bonds is 6. The molecule has 1 aliphatic rings. The minimum Gasteiger partial charge on any atom is -0.386 e. The van der Waals surface area contributed by atoms with E-state index in [-0.39, 0.29) is 6.04 Å². The maximum Gasteiger partial charge on any atom is 0.131 e. The van der Waals surface area contributed by atoms with Crippen molar-refractivity contribution in [1.29, 1.82) is 5.41 Å². The van der Waals surface area contributed by atoms with Crippen molar-refractivity contribution < 1.29 is 4.74 Å². The third-order valence-electron chi connectivity index (χ3n) is 2.66. The number of ether oxygens (including phenoxy) is 1. The fraction of sp³-hybridized carbons (Fsp3) is 0.667. The van der Waals surface area contributed by atoms with Crippen LogP contribution in [-0.4, -0.2) is 49.9 Å². The van der Waals surface area contributed by atoms with Crippen LogP contribution >= 0.6 is 0 Å². The van der Waals surface area contributed by atoms with Gasteiger partial charge in [-0.15, -0.1) is 0 Å². The van der Waals surface area contributed by atoms with Crippen molar-refractivity contribution in [3.05, 3.63) is 12.3 Å². The van der Waals surface area contributed by atoms with Crippen molar-refractivity contribution in [2.24, 2.45) is 4.99 Å². The maximum atomic E-state index is 7.07. The average molecular weight is 238 g/mol. The van der Waals surface area contributed by atoms with Gasteiger partial charge >= 0.3 is 0 Å². The summed E-state index contributed by atoms with van der Waals surface area (Å²) in [6.07, 6.45) is 7.31. The predicted molar refractivity (Wildman–Crippen MR) is 70.6 cm³/mol. The fourth-order valence-electron chi connectivity index (χ4n) is 1.83. The molecule has 17 heavy (non-hydrogen) atoms. The van der Waals surface area contributed by atoms with Gasteiger partial charge in [0.2, 0.25) is 0 Å². The lowest BCUT2D eigenvalue weighted by Crippen LogP contribution is -2.29. The number of hydrogen-bond acceptors (Lipinski definition) is 3. The van der Waals surface area contributed by atoms with Crippen LogP contribution in [0.4, 0.5) is 0 Å². The molecule has 1 fully saturated rings. The first kappa shape index (κ1) is 13.7. The second-order valence-corrected chi connectivity index (χ2v) is 4.17. The molecule has 2 N–H and O–H groups in total. The normalized spacial score (nSPS) is 18.7. The van der Waals surface area contributed by atoms with E-state index < -0.39 is 0 Å². The summed E-state index contributed by atoms with van der Waals surface area (Å²) in [7, 11) is 1.69. The molecular weight excluding hydrogens is 216 g/mol. The Bertz CT molecular complexity index is 282. The van der Waals surface area contributed by atoms with Crippen molar-refractivity contribution in [1.82, 2.24) is 10.2 Å². The van der Waals surface area contributed by atoms with E-state index in [1.54, 1.807) is 7.11 Å². The third-order valence-corrected chi connectivity index (χ3v) is 2.66. The molecule has 96 valence electrons. The van der Waals surface area contributed by atoms with E-state index in [9.17, 15) is 0 Å². The molecule has 5 heteroatoms. The molecule has 0 bridgehead atoms.